The fourth-order valence-electron chi connectivity index (χ4n) is 1.27. The first-order valence-corrected chi connectivity index (χ1v) is 6.06. The number of anilines is 2. The van der Waals surface area contributed by atoms with Crippen LogP contribution >= 0.6 is 27.5 Å². The summed E-state index contributed by atoms with van der Waals surface area (Å²) in [5.41, 5.74) is 0.240. The topological polar surface area (TPSA) is 47.0 Å². The molecule has 0 bridgehead atoms. The number of nitrogens with one attached hydrogen (secondary N) is 1. The number of aromatic nitrogens is 2. The minimum Gasteiger partial charge on any atom is -0.480 e. The number of methoxy groups -OCH3 is 1. The lowest BCUT2D eigenvalue weighted by Gasteiger charge is -2.08. The van der Waals surface area contributed by atoms with Gasteiger partial charge in [0.05, 0.1) is 23.5 Å². The molecule has 0 aliphatic heterocycles. The van der Waals surface area contributed by atoms with E-state index in [0.29, 0.717) is 15.4 Å². The van der Waals surface area contributed by atoms with Crippen molar-refractivity contribution in [3.05, 3.63) is 39.7 Å². The van der Waals surface area contributed by atoms with Crippen LogP contribution in [0.15, 0.2) is 28.9 Å². The van der Waals surface area contributed by atoms with Crippen molar-refractivity contribution in [2.24, 2.45) is 0 Å². The summed E-state index contributed by atoms with van der Waals surface area (Å²) in [7, 11) is 1.49. The second-order valence-corrected chi connectivity index (χ2v) is 4.59. The number of benzene rings is 1. The Balaban J connectivity index is 2.28. The highest BCUT2D eigenvalue weighted by Crippen LogP contribution is 2.25. The van der Waals surface area contributed by atoms with Crippen molar-refractivity contribution < 1.29 is 9.13 Å². The molecule has 4 nitrogen and oxygen atoms in total. The molecule has 1 aromatic carbocycles. The summed E-state index contributed by atoms with van der Waals surface area (Å²) in [5, 5.41) is 3.07. The lowest BCUT2D eigenvalue weighted by Crippen LogP contribution is -2.00. The third-order valence-electron chi connectivity index (χ3n) is 2.08. The van der Waals surface area contributed by atoms with Gasteiger partial charge >= 0.3 is 0 Å². The molecular formula is C11H8BrClFN3O. The highest BCUT2D eigenvalue weighted by Gasteiger charge is 2.08. The van der Waals surface area contributed by atoms with Crippen LogP contribution in [0.1, 0.15) is 0 Å². The molecule has 94 valence electrons. The van der Waals surface area contributed by atoms with Crippen LogP contribution < -0.4 is 10.1 Å². The number of halogens is 3. The van der Waals surface area contributed by atoms with Crippen molar-refractivity contribution in [1.82, 2.24) is 9.97 Å². The lowest BCUT2D eigenvalue weighted by molar-refractivity contribution is 0.394. The van der Waals surface area contributed by atoms with E-state index in [1.54, 1.807) is 6.07 Å². The van der Waals surface area contributed by atoms with Crippen LogP contribution in [0.4, 0.5) is 16.0 Å². The highest BCUT2D eigenvalue weighted by atomic mass is 79.9. The van der Waals surface area contributed by atoms with Crippen LogP contribution in [0.2, 0.25) is 5.02 Å². The van der Waals surface area contributed by atoms with Gasteiger partial charge in [-0.15, -0.1) is 0 Å². The number of hydrogen-bond acceptors (Lipinski definition) is 4. The summed E-state index contributed by atoms with van der Waals surface area (Å²) in [6.45, 7) is 0. The lowest BCUT2D eigenvalue weighted by atomic mass is 10.3. The van der Waals surface area contributed by atoms with Crippen LogP contribution in [-0.2, 0) is 0 Å². The molecule has 1 N–H and O–H groups in total. The summed E-state index contributed by atoms with van der Waals surface area (Å²) in [6, 6.07) is 4.29. The highest BCUT2D eigenvalue weighted by molar-refractivity contribution is 9.10. The molecule has 0 unspecified atom stereocenters. The van der Waals surface area contributed by atoms with Crippen molar-refractivity contribution in [1.29, 1.82) is 0 Å². The first-order valence-electron chi connectivity index (χ1n) is 4.89. The zero-order chi connectivity index (χ0) is 13.1. The number of rotatable bonds is 3. The number of hydrogen-bond donors (Lipinski definition) is 1. The van der Waals surface area contributed by atoms with Crippen molar-refractivity contribution in [2.75, 3.05) is 12.4 Å². The molecule has 1 heterocycles. The van der Waals surface area contributed by atoms with Gasteiger partial charge in [0.2, 0.25) is 11.8 Å². The Morgan fingerprint density at radius 3 is 2.89 bits per heavy atom. The van der Waals surface area contributed by atoms with Crippen LogP contribution in [-0.4, -0.2) is 17.1 Å². The molecule has 0 aliphatic rings. The van der Waals surface area contributed by atoms with E-state index in [-0.39, 0.29) is 11.6 Å². The normalized spacial score (nSPS) is 10.2. The third kappa shape index (κ3) is 2.88. The van der Waals surface area contributed by atoms with Gasteiger partial charge in [0.1, 0.15) is 5.82 Å². The maximum absolute atomic E-state index is 13.6. The van der Waals surface area contributed by atoms with E-state index >= 15 is 0 Å². The second-order valence-electron chi connectivity index (χ2n) is 3.30. The van der Waals surface area contributed by atoms with Gasteiger partial charge in [-0.1, -0.05) is 11.6 Å². The van der Waals surface area contributed by atoms with Crippen molar-refractivity contribution in [3.8, 4) is 5.88 Å². The molecule has 0 fully saturated rings. The zero-order valence-corrected chi connectivity index (χ0v) is 11.6. The Morgan fingerprint density at radius 1 is 1.44 bits per heavy atom. The van der Waals surface area contributed by atoms with E-state index in [2.05, 4.69) is 31.2 Å². The molecule has 0 atom stereocenters. The fourth-order valence-corrected chi connectivity index (χ4v) is 1.78. The SMILES string of the molecule is COc1nc(Nc2ccc(Cl)cc2F)ncc1Br. The number of nitrogens with zero attached hydrogens (tertiary/aromatic N) is 2. The summed E-state index contributed by atoms with van der Waals surface area (Å²) in [4.78, 5) is 8.06. The van der Waals surface area contributed by atoms with Gasteiger partial charge in [0.25, 0.3) is 0 Å². The van der Waals surface area contributed by atoms with Crippen molar-refractivity contribution in [2.45, 2.75) is 0 Å². The molecular weight excluding hydrogens is 324 g/mol. The molecule has 1 aromatic heterocycles. The largest absolute Gasteiger partial charge is 0.480 e. The van der Waals surface area contributed by atoms with Gasteiger partial charge in [0, 0.05) is 5.02 Å². The quantitative estimate of drug-likeness (QED) is 0.929. The van der Waals surface area contributed by atoms with E-state index in [0.717, 1.165) is 0 Å². The average Bonchev–Trinajstić information content (AvgIpc) is 2.35. The van der Waals surface area contributed by atoms with Crippen LogP contribution in [0.5, 0.6) is 5.88 Å². The third-order valence-corrected chi connectivity index (χ3v) is 2.86. The molecule has 0 aliphatic carbocycles. The van der Waals surface area contributed by atoms with E-state index in [4.69, 9.17) is 16.3 Å². The van der Waals surface area contributed by atoms with Gasteiger partial charge in [-0.2, -0.15) is 4.98 Å². The Kier molecular flexibility index (Phi) is 3.98. The fraction of sp³-hybridized carbons (Fsp3) is 0.0909. The molecule has 0 radical (unpaired) electrons. The van der Waals surface area contributed by atoms with Gasteiger partial charge < -0.3 is 10.1 Å². The maximum atomic E-state index is 13.6. The van der Waals surface area contributed by atoms with E-state index < -0.39 is 5.82 Å². The first-order chi connectivity index (χ1) is 8.60. The van der Waals surface area contributed by atoms with Gasteiger partial charge in [-0.25, -0.2) is 9.37 Å². The monoisotopic (exact) mass is 331 g/mol. The standard InChI is InChI=1S/C11H8BrClFN3O/c1-18-10-7(12)5-15-11(17-10)16-9-3-2-6(13)4-8(9)14/h2-5H,1H3,(H,15,16,17). The summed E-state index contributed by atoms with van der Waals surface area (Å²) in [6.07, 6.45) is 1.52. The zero-order valence-electron chi connectivity index (χ0n) is 9.25. The predicted octanol–water partition coefficient (Wildman–Crippen LogP) is 3.78. The van der Waals surface area contributed by atoms with E-state index in [1.165, 1.54) is 25.4 Å². The minimum atomic E-state index is -0.479. The molecule has 7 heteroatoms. The molecule has 0 saturated carbocycles. The summed E-state index contributed by atoms with van der Waals surface area (Å²) >= 11 is 8.89. The van der Waals surface area contributed by atoms with Gasteiger partial charge in [0.15, 0.2) is 0 Å². The van der Waals surface area contributed by atoms with Gasteiger partial charge in [-0.05, 0) is 34.1 Å². The van der Waals surface area contributed by atoms with Crippen LogP contribution in [0.3, 0.4) is 0 Å². The summed E-state index contributed by atoms with van der Waals surface area (Å²) < 4.78 is 19.2. The molecule has 2 aromatic rings. The first kappa shape index (κ1) is 13.0. The maximum Gasteiger partial charge on any atom is 0.232 e. The van der Waals surface area contributed by atoms with E-state index in [9.17, 15) is 4.39 Å². The second kappa shape index (κ2) is 5.49. The van der Waals surface area contributed by atoms with Crippen molar-refractivity contribution >= 4 is 39.2 Å². The predicted molar refractivity (Wildman–Crippen MR) is 71.0 cm³/mol. The molecule has 2 rings (SSSR count). The molecule has 0 saturated heterocycles. The van der Waals surface area contributed by atoms with Gasteiger partial charge in [-0.3, -0.25) is 0 Å². The minimum absolute atomic E-state index is 0.233. The molecule has 18 heavy (non-hydrogen) atoms. The number of ether oxygens (including phenoxy) is 1. The van der Waals surface area contributed by atoms with Crippen LogP contribution in [0.25, 0.3) is 0 Å². The van der Waals surface area contributed by atoms with Crippen LogP contribution in [0, 0.1) is 5.82 Å². The van der Waals surface area contributed by atoms with E-state index in [1.807, 2.05) is 0 Å². The smallest absolute Gasteiger partial charge is 0.232 e. The Labute approximate surface area is 116 Å². The summed E-state index contributed by atoms with van der Waals surface area (Å²) in [5.74, 6) is 0.117. The molecule has 0 amide bonds. The Morgan fingerprint density at radius 2 is 2.22 bits per heavy atom. The molecule has 0 spiro atoms. The Hall–Kier alpha value is -1.40. The van der Waals surface area contributed by atoms with Crippen molar-refractivity contribution in [3.63, 3.8) is 0 Å². The Bertz CT molecular complexity index is 582. The average molecular weight is 333 g/mol.